The molecular weight excluding hydrogens is 532 g/mol. The lowest BCUT2D eigenvalue weighted by Crippen LogP contribution is -2.67. The van der Waals surface area contributed by atoms with Gasteiger partial charge in [0.1, 0.15) is 12.7 Å². The number of allylic oxidation sites excluding steroid dienone is 1. The van der Waals surface area contributed by atoms with E-state index in [1.165, 1.54) is 26.5 Å². The second-order valence-electron chi connectivity index (χ2n) is 15.5. The van der Waals surface area contributed by atoms with Crippen molar-refractivity contribution in [2.24, 2.45) is 44.8 Å². The summed E-state index contributed by atoms with van der Waals surface area (Å²) in [6, 6.07) is 0. The second-order valence-corrected chi connectivity index (χ2v) is 15.5. The summed E-state index contributed by atoms with van der Waals surface area (Å²) in [5, 5.41) is 12.1. The van der Waals surface area contributed by atoms with Crippen LogP contribution in [0.1, 0.15) is 106 Å². The fraction of sp³-hybridized carbons (Fsp3) is 0.800. The quantitative estimate of drug-likeness (QED) is 0.234. The van der Waals surface area contributed by atoms with Crippen molar-refractivity contribution in [1.82, 2.24) is 0 Å². The van der Waals surface area contributed by atoms with Gasteiger partial charge in [-0.3, -0.25) is 14.4 Å². The molecule has 4 saturated carbocycles. The molecule has 0 aromatic rings. The van der Waals surface area contributed by atoms with Crippen molar-refractivity contribution in [3.05, 3.63) is 23.8 Å². The molecule has 0 aliphatic heterocycles. The summed E-state index contributed by atoms with van der Waals surface area (Å²) in [7, 11) is 1.47. The molecule has 0 aromatic carbocycles. The zero-order chi connectivity index (χ0) is 31.1. The van der Waals surface area contributed by atoms with E-state index < -0.39 is 16.4 Å². The van der Waals surface area contributed by atoms with Crippen LogP contribution in [-0.4, -0.2) is 48.4 Å². The van der Waals surface area contributed by atoms with Gasteiger partial charge in [-0.15, -0.1) is 0 Å². The van der Waals surface area contributed by atoms with Crippen LogP contribution in [0.4, 0.5) is 0 Å². The largest absolute Gasteiger partial charge is 0.469 e. The maximum atomic E-state index is 13.5. The van der Waals surface area contributed by atoms with E-state index in [0.717, 1.165) is 44.1 Å². The minimum Gasteiger partial charge on any atom is -0.469 e. The van der Waals surface area contributed by atoms with Crippen LogP contribution in [0.15, 0.2) is 23.8 Å². The molecular formula is C35H52O7. The number of hydrogen-bond acceptors (Lipinski definition) is 7. The molecule has 5 rings (SSSR count). The first kappa shape index (κ1) is 31.3. The summed E-state index contributed by atoms with van der Waals surface area (Å²) in [5.74, 6) is -0.649. The zero-order valence-electron chi connectivity index (χ0n) is 27.1. The third-order valence-electron chi connectivity index (χ3n) is 13.8. The Kier molecular flexibility index (Phi) is 7.40. The highest BCUT2D eigenvalue weighted by Crippen LogP contribution is 2.76. The Hall–Kier alpha value is -2.15. The lowest BCUT2D eigenvalue weighted by Gasteiger charge is -2.71. The zero-order valence-corrected chi connectivity index (χ0v) is 27.1. The SMILES string of the molecule is C=C1CC[C@]2(C(=O)OC)CC[C@]3(C)C(=CC[C@@H]4[C@@]5(C)CC[C@@H](OC(C)=O)[C@](C)(COC(C)=O)[C@@H]5CC[C@]43C)[C@@H]2[C@]1(C)O. The Bertz CT molecular complexity index is 1220. The molecule has 0 bridgehead atoms. The number of fused-ring (bicyclic) bond motifs is 7. The van der Waals surface area contributed by atoms with Gasteiger partial charge < -0.3 is 19.3 Å². The van der Waals surface area contributed by atoms with E-state index >= 15 is 0 Å². The predicted octanol–water partition coefficient (Wildman–Crippen LogP) is 6.33. The van der Waals surface area contributed by atoms with E-state index in [4.69, 9.17) is 14.2 Å². The summed E-state index contributed by atoms with van der Waals surface area (Å²) in [4.78, 5) is 37.6. The second kappa shape index (κ2) is 9.93. The topological polar surface area (TPSA) is 99.1 Å². The van der Waals surface area contributed by atoms with Crippen LogP contribution in [0.2, 0.25) is 0 Å². The highest BCUT2D eigenvalue weighted by Gasteiger charge is 2.71. The number of aliphatic hydroxyl groups is 1. The van der Waals surface area contributed by atoms with Crippen molar-refractivity contribution in [2.45, 2.75) is 118 Å². The van der Waals surface area contributed by atoms with Crippen LogP contribution >= 0.6 is 0 Å². The molecule has 10 atom stereocenters. The molecule has 4 fully saturated rings. The molecule has 5 aliphatic carbocycles. The van der Waals surface area contributed by atoms with Crippen LogP contribution in [0.3, 0.4) is 0 Å². The molecule has 0 saturated heterocycles. The lowest BCUT2D eigenvalue weighted by atomic mass is 9.33. The van der Waals surface area contributed by atoms with Crippen molar-refractivity contribution >= 4 is 17.9 Å². The minimum absolute atomic E-state index is 0.0703. The van der Waals surface area contributed by atoms with Gasteiger partial charge in [-0.2, -0.15) is 0 Å². The average molecular weight is 585 g/mol. The highest BCUT2D eigenvalue weighted by atomic mass is 16.6. The van der Waals surface area contributed by atoms with E-state index in [2.05, 4.69) is 40.3 Å². The number of methoxy groups -OCH3 is 1. The van der Waals surface area contributed by atoms with E-state index in [0.29, 0.717) is 25.2 Å². The van der Waals surface area contributed by atoms with Crippen molar-refractivity contribution in [3.8, 4) is 0 Å². The van der Waals surface area contributed by atoms with Crippen LogP contribution in [-0.2, 0) is 28.6 Å². The van der Waals surface area contributed by atoms with Crippen LogP contribution in [0.25, 0.3) is 0 Å². The van der Waals surface area contributed by atoms with Crippen LogP contribution in [0.5, 0.6) is 0 Å². The molecule has 7 heteroatoms. The molecule has 5 aliphatic rings. The summed E-state index contributed by atoms with van der Waals surface area (Å²) in [6.07, 6.45) is 9.29. The molecule has 0 spiro atoms. The number of hydrogen-bond donors (Lipinski definition) is 1. The molecule has 42 heavy (non-hydrogen) atoms. The van der Waals surface area contributed by atoms with Gasteiger partial charge in [-0.05, 0) is 98.4 Å². The number of esters is 3. The number of ether oxygens (including phenoxy) is 3. The molecule has 1 N–H and O–H groups in total. The summed E-state index contributed by atoms with van der Waals surface area (Å²) >= 11 is 0. The smallest absolute Gasteiger partial charge is 0.312 e. The van der Waals surface area contributed by atoms with Crippen molar-refractivity contribution in [1.29, 1.82) is 0 Å². The first-order chi connectivity index (χ1) is 19.4. The van der Waals surface area contributed by atoms with Crippen LogP contribution in [0, 0.1) is 44.8 Å². The average Bonchev–Trinajstić information content (AvgIpc) is 2.91. The molecule has 0 unspecified atom stereocenters. The molecule has 0 amide bonds. The first-order valence-corrected chi connectivity index (χ1v) is 15.9. The van der Waals surface area contributed by atoms with Gasteiger partial charge >= 0.3 is 17.9 Å². The van der Waals surface area contributed by atoms with Crippen molar-refractivity contribution in [2.75, 3.05) is 13.7 Å². The Balaban J connectivity index is 1.60. The maximum absolute atomic E-state index is 13.5. The van der Waals surface area contributed by atoms with Crippen LogP contribution < -0.4 is 0 Å². The summed E-state index contributed by atoms with van der Waals surface area (Å²) in [6.45, 7) is 18.6. The Morgan fingerprint density at radius 3 is 2.26 bits per heavy atom. The molecule has 0 heterocycles. The van der Waals surface area contributed by atoms with E-state index in [1.807, 2.05) is 6.92 Å². The monoisotopic (exact) mass is 584 g/mol. The van der Waals surface area contributed by atoms with Gasteiger partial charge in [0.05, 0.1) is 18.1 Å². The predicted molar refractivity (Wildman–Crippen MR) is 159 cm³/mol. The fourth-order valence-corrected chi connectivity index (χ4v) is 11.4. The van der Waals surface area contributed by atoms with E-state index in [9.17, 15) is 19.5 Å². The minimum atomic E-state index is -1.20. The first-order valence-electron chi connectivity index (χ1n) is 15.9. The van der Waals surface area contributed by atoms with Gasteiger partial charge in [0.25, 0.3) is 0 Å². The Morgan fingerprint density at radius 2 is 1.64 bits per heavy atom. The Labute approximate surface area is 251 Å². The van der Waals surface area contributed by atoms with Gasteiger partial charge in [0, 0.05) is 25.2 Å². The number of carbonyl (C=O) groups is 3. The van der Waals surface area contributed by atoms with Gasteiger partial charge in [-0.25, -0.2) is 0 Å². The highest BCUT2D eigenvalue weighted by molar-refractivity contribution is 5.79. The van der Waals surface area contributed by atoms with Gasteiger partial charge in [0.2, 0.25) is 0 Å². The molecule has 0 radical (unpaired) electrons. The molecule has 234 valence electrons. The molecule has 7 nitrogen and oxygen atoms in total. The van der Waals surface area contributed by atoms with E-state index in [-0.39, 0.29) is 58.7 Å². The lowest BCUT2D eigenvalue weighted by molar-refractivity contribution is -0.228. The van der Waals surface area contributed by atoms with Gasteiger partial charge in [0.15, 0.2) is 0 Å². The number of rotatable bonds is 4. The standard InChI is InChI=1S/C35H52O7/c1-21-12-17-35(29(38)40-9)19-18-32(6)24(28(35)34(21,8)39)10-11-26-30(4)15-14-27(42-23(3)37)31(5,20-41-22(2)36)25(30)13-16-33(26,32)7/h10,25-28,39H,1,11-20H2,2-9H3/t25-,26-,27-,28-,30+,31-,32-,33-,34-,35+/m1/s1. The third kappa shape index (κ3) is 4.04. The fourth-order valence-electron chi connectivity index (χ4n) is 11.4. The summed E-state index contributed by atoms with van der Waals surface area (Å²) < 4.78 is 17.0. The third-order valence-corrected chi connectivity index (χ3v) is 13.8. The van der Waals surface area contributed by atoms with Crippen molar-refractivity contribution in [3.63, 3.8) is 0 Å². The van der Waals surface area contributed by atoms with Crippen molar-refractivity contribution < 1.29 is 33.7 Å². The summed E-state index contributed by atoms with van der Waals surface area (Å²) in [5.41, 5.74) is -0.794. The number of carbonyl (C=O) groups excluding carboxylic acids is 3. The normalized spacial score (nSPS) is 47.9. The van der Waals surface area contributed by atoms with E-state index in [1.54, 1.807) is 0 Å². The Morgan fingerprint density at radius 1 is 0.952 bits per heavy atom. The van der Waals surface area contributed by atoms with Gasteiger partial charge in [-0.1, -0.05) is 45.9 Å². The molecule has 0 aromatic heterocycles. The maximum Gasteiger partial charge on any atom is 0.312 e.